The highest BCUT2D eigenvalue weighted by molar-refractivity contribution is 5.75. The topological polar surface area (TPSA) is 70.6 Å². The smallest absolute Gasteiger partial charge is 0.407 e. The number of ether oxygens (including phenoxy) is 1. The van der Waals surface area contributed by atoms with Crippen molar-refractivity contribution in [3.05, 3.63) is 82.8 Å². The minimum absolute atomic E-state index is 0.00555. The van der Waals surface area contributed by atoms with E-state index in [0.717, 1.165) is 57.7 Å². The Morgan fingerprint density at radius 1 is 1.07 bits per heavy atom. The Bertz CT molecular complexity index is 1380. The molecule has 3 heterocycles. The van der Waals surface area contributed by atoms with E-state index in [4.69, 9.17) is 9.72 Å². The first-order valence-corrected chi connectivity index (χ1v) is 14.7. The monoisotopic (exact) mass is 539 g/mol. The molecule has 7 nitrogen and oxygen atoms in total. The molecule has 0 bridgehead atoms. The van der Waals surface area contributed by atoms with E-state index >= 15 is 0 Å². The van der Waals surface area contributed by atoms with Gasteiger partial charge in [0.2, 0.25) is 0 Å². The van der Waals surface area contributed by atoms with E-state index in [-0.39, 0.29) is 11.5 Å². The SMILES string of the molecule is CC1CCc2ncnc(N3CC4(CCN(Cc5ccccc5)CC4)c4c(CNC(=O)OC(C)(C)C)cccc43)c21. The molecule has 1 saturated heterocycles. The molecule has 2 aromatic carbocycles. The number of likely N-dealkylation sites (tertiary alicyclic amines) is 1. The van der Waals surface area contributed by atoms with Gasteiger partial charge in [-0.15, -0.1) is 0 Å². The molecule has 3 aromatic rings. The van der Waals surface area contributed by atoms with E-state index < -0.39 is 5.60 Å². The molecule has 6 rings (SSSR count). The van der Waals surface area contributed by atoms with Crippen LogP contribution in [0, 0.1) is 0 Å². The van der Waals surface area contributed by atoms with Gasteiger partial charge in [0.05, 0.1) is 0 Å². The number of nitrogens with zero attached hydrogens (tertiary/aromatic N) is 4. The molecular weight excluding hydrogens is 498 g/mol. The van der Waals surface area contributed by atoms with Crippen LogP contribution in [0.15, 0.2) is 54.9 Å². The lowest BCUT2D eigenvalue weighted by Crippen LogP contribution is -2.45. The van der Waals surface area contributed by atoms with Gasteiger partial charge in [0.25, 0.3) is 0 Å². The normalized spacial score (nSPS) is 19.9. The first-order valence-electron chi connectivity index (χ1n) is 14.7. The van der Waals surface area contributed by atoms with Crippen molar-refractivity contribution in [1.82, 2.24) is 20.2 Å². The summed E-state index contributed by atoms with van der Waals surface area (Å²) in [4.78, 5) is 27.2. The van der Waals surface area contributed by atoms with Crippen molar-refractivity contribution in [1.29, 1.82) is 0 Å². The quantitative estimate of drug-likeness (QED) is 0.414. The zero-order chi connectivity index (χ0) is 27.9. The Morgan fingerprint density at radius 2 is 1.85 bits per heavy atom. The summed E-state index contributed by atoms with van der Waals surface area (Å²) in [6.45, 7) is 12.4. The summed E-state index contributed by atoms with van der Waals surface area (Å²) in [6, 6.07) is 17.3. The number of fused-ring (bicyclic) bond motifs is 3. The van der Waals surface area contributed by atoms with E-state index in [9.17, 15) is 4.79 Å². The van der Waals surface area contributed by atoms with Crippen LogP contribution in [0.25, 0.3) is 0 Å². The molecule has 1 aliphatic carbocycles. The van der Waals surface area contributed by atoms with E-state index in [1.807, 2.05) is 20.8 Å². The number of rotatable bonds is 5. The molecule has 1 unspecified atom stereocenters. The maximum absolute atomic E-state index is 12.6. The molecule has 3 aliphatic rings. The predicted molar refractivity (Wildman–Crippen MR) is 158 cm³/mol. The van der Waals surface area contributed by atoms with Crippen LogP contribution < -0.4 is 10.2 Å². The second-order valence-corrected chi connectivity index (χ2v) is 12.8. The number of alkyl carbamates (subject to hydrolysis) is 1. The highest BCUT2D eigenvalue weighted by Crippen LogP contribution is 2.52. The number of carbonyl (C=O) groups excluding carboxylic acids is 1. The maximum atomic E-state index is 12.6. The van der Waals surface area contributed by atoms with Crippen molar-refractivity contribution >= 4 is 17.6 Å². The van der Waals surface area contributed by atoms with E-state index in [0.29, 0.717) is 12.5 Å². The first-order chi connectivity index (χ1) is 19.2. The number of piperidine rings is 1. The van der Waals surface area contributed by atoms with Crippen LogP contribution in [0.5, 0.6) is 0 Å². The number of aromatic nitrogens is 2. The van der Waals surface area contributed by atoms with Crippen LogP contribution in [-0.2, 0) is 29.7 Å². The van der Waals surface area contributed by atoms with Gasteiger partial charge in [0, 0.05) is 42.0 Å². The fourth-order valence-electron chi connectivity index (χ4n) is 6.94. The number of amides is 1. The summed E-state index contributed by atoms with van der Waals surface area (Å²) < 4.78 is 5.56. The summed E-state index contributed by atoms with van der Waals surface area (Å²) in [5, 5.41) is 3.04. The summed E-state index contributed by atoms with van der Waals surface area (Å²) in [7, 11) is 0. The van der Waals surface area contributed by atoms with E-state index in [2.05, 4.69) is 75.6 Å². The molecule has 7 heteroatoms. The number of carbonyl (C=O) groups is 1. The Morgan fingerprint density at radius 3 is 2.60 bits per heavy atom. The minimum atomic E-state index is -0.531. The second-order valence-electron chi connectivity index (χ2n) is 12.8. The van der Waals surface area contributed by atoms with Gasteiger partial charge in [-0.05, 0) is 88.2 Å². The van der Waals surface area contributed by atoms with Crippen LogP contribution in [-0.4, -0.2) is 46.2 Å². The summed E-state index contributed by atoms with van der Waals surface area (Å²) in [5.41, 5.74) is 7.08. The molecule has 1 fully saturated rings. The number of nitrogens with one attached hydrogen (secondary N) is 1. The molecule has 1 N–H and O–H groups in total. The van der Waals surface area contributed by atoms with Crippen LogP contribution in [0.4, 0.5) is 16.3 Å². The summed E-state index contributed by atoms with van der Waals surface area (Å²) >= 11 is 0. The molecule has 1 spiro atoms. The largest absolute Gasteiger partial charge is 0.444 e. The summed E-state index contributed by atoms with van der Waals surface area (Å²) in [5.74, 6) is 1.52. The van der Waals surface area contributed by atoms with Gasteiger partial charge in [-0.2, -0.15) is 0 Å². The van der Waals surface area contributed by atoms with Gasteiger partial charge < -0.3 is 15.0 Å². The first kappa shape index (κ1) is 26.8. The third-order valence-electron chi connectivity index (χ3n) is 8.80. The Balaban J connectivity index is 1.33. The molecular formula is C33H41N5O2. The maximum Gasteiger partial charge on any atom is 0.407 e. The Labute approximate surface area is 238 Å². The average molecular weight is 540 g/mol. The minimum Gasteiger partial charge on any atom is -0.444 e. The van der Waals surface area contributed by atoms with Gasteiger partial charge in [-0.1, -0.05) is 49.4 Å². The van der Waals surface area contributed by atoms with Crippen LogP contribution in [0.3, 0.4) is 0 Å². The van der Waals surface area contributed by atoms with Crippen molar-refractivity contribution in [2.24, 2.45) is 0 Å². The average Bonchev–Trinajstić information content (AvgIpc) is 3.47. The molecule has 0 saturated carbocycles. The standard InChI is InChI=1S/C33H41N5O2/c1-23-13-14-26-28(23)30(36-22-35-26)38-21-33(15-17-37(18-16-33)20-24-9-6-5-7-10-24)29-25(11-8-12-27(29)38)19-34-31(39)40-32(2,3)4/h5-12,22-23H,13-21H2,1-4H3,(H,34,39). The highest BCUT2D eigenvalue weighted by atomic mass is 16.6. The molecule has 1 aromatic heterocycles. The van der Waals surface area contributed by atoms with Gasteiger partial charge >= 0.3 is 6.09 Å². The third kappa shape index (κ3) is 5.19. The van der Waals surface area contributed by atoms with Crippen LogP contribution in [0.1, 0.15) is 80.8 Å². The number of hydrogen-bond donors (Lipinski definition) is 1. The lowest BCUT2D eigenvalue weighted by Gasteiger charge is -2.40. The zero-order valence-corrected chi connectivity index (χ0v) is 24.2. The number of benzene rings is 2. The number of anilines is 2. The molecule has 1 atom stereocenters. The Kier molecular flexibility index (Phi) is 7.03. The summed E-state index contributed by atoms with van der Waals surface area (Å²) in [6.07, 6.45) is 5.64. The third-order valence-corrected chi connectivity index (χ3v) is 8.80. The molecule has 0 radical (unpaired) electrons. The zero-order valence-electron chi connectivity index (χ0n) is 24.2. The highest BCUT2D eigenvalue weighted by Gasteiger charge is 2.47. The van der Waals surface area contributed by atoms with Crippen LogP contribution in [0.2, 0.25) is 0 Å². The number of aryl methyl sites for hydroxylation is 1. The van der Waals surface area contributed by atoms with Crippen molar-refractivity contribution in [2.45, 2.75) is 83.4 Å². The molecule has 1 amide bonds. The van der Waals surface area contributed by atoms with Crippen molar-refractivity contribution in [2.75, 3.05) is 24.5 Å². The fraction of sp³-hybridized carbons (Fsp3) is 0.485. The van der Waals surface area contributed by atoms with Gasteiger partial charge in [0.1, 0.15) is 17.7 Å². The fourth-order valence-corrected chi connectivity index (χ4v) is 6.94. The van der Waals surface area contributed by atoms with Gasteiger partial charge in [0.15, 0.2) is 0 Å². The molecule has 40 heavy (non-hydrogen) atoms. The van der Waals surface area contributed by atoms with E-state index in [1.54, 1.807) is 6.33 Å². The van der Waals surface area contributed by atoms with Crippen molar-refractivity contribution < 1.29 is 9.53 Å². The molecule has 210 valence electrons. The van der Waals surface area contributed by atoms with Crippen molar-refractivity contribution in [3.63, 3.8) is 0 Å². The predicted octanol–water partition coefficient (Wildman–Crippen LogP) is 6.24. The number of hydrogen-bond acceptors (Lipinski definition) is 6. The second kappa shape index (κ2) is 10.5. The lowest BCUT2D eigenvalue weighted by atomic mass is 9.72. The molecule has 2 aliphatic heterocycles. The van der Waals surface area contributed by atoms with Crippen molar-refractivity contribution in [3.8, 4) is 0 Å². The van der Waals surface area contributed by atoms with Gasteiger partial charge in [-0.3, -0.25) is 4.90 Å². The lowest BCUT2D eigenvalue weighted by molar-refractivity contribution is 0.0523. The van der Waals surface area contributed by atoms with Crippen LogP contribution >= 0.6 is 0 Å². The van der Waals surface area contributed by atoms with E-state index in [1.165, 1.54) is 33.6 Å². The van der Waals surface area contributed by atoms with Gasteiger partial charge in [-0.25, -0.2) is 14.8 Å². The Hall–Kier alpha value is -3.45.